The quantitative estimate of drug-likeness (QED) is 0.336. The minimum atomic E-state index is -0.502. The van der Waals surface area contributed by atoms with Gasteiger partial charge in [0, 0.05) is 57.9 Å². The number of carbonyl (C=O) groups excluding carboxylic acids is 2. The molecule has 9 nitrogen and oxygen atoms in total. The van der Waals surface area contributed by atoms with Gasteiger partial charge in [-0.15, -0.1) is 0 Å². The van der Waals surface area contributed by atoms with E-state index in [9.17, 15) is 19.7 Å². The molecule has 1 N–H and O–H groups in total. The van der Waals surface area contributed by atoms with Crippen LogP contribution in [0.2, 0.25) is 0 Å². The van der Waals surface area contributed by atoms with Crippen LogP contribution in [0.15, 0.2) is 48.5 Å². The highest BCUT2D eigenvalue weighted by Crippen LogP contribution is 2.26. The van der Waals surface area contributed by atoms with Crippen LogP contribution in [-0.4, -0.2) is 73.0 Å². The number of amides is 2. The number of hydrogen-bond donors (Lipinski definition) is 1. The van der Waals surface area contributed by atoms with Crippen LogP contribution in [0.5, 0.6) is 0 Å². The third-order valence-electron chi connectivity index (χ3n) is 5.68. The highest BCUT2D eigenvalue weighted by molar-refractivity contribution is 5.96. The number of nitro groups is 1. The van der Waals surface area contributed by atoms with Crippen molar-refractivity contribution >= 4 is 23.2 Å². The van der Waals surface area contributed by atoms with Gasteiger partial charge in [-0.25, -0.2) is 0 Å². The molecule has 2 amide bonds. The van der Waals surface area contributed by atoms with Crippen molar-refractivity contribution in [3.05, 3.63) is 69.8 Å². The van der Waals surface area contributed by atoms with Gasteiger partial charge in [0.25, 0.3) is 11.6 Å². The minimum Gasteiger partial charge on any atom is -0.383 e. The summed E-state index contributed by atoms with van der Waals surface area (Å²) in [7, 11) is 1.55. The van der Waals surface area contributed by atoms with Crippen LogP contribution < -0.4 is 5.32 Å². The Hall–Kier alpha value is -3.46. The molecule has 0 unspecified atom stereocenters. The number of aryl methyl sites for hydroxylation is 1. The van der Waals surface area contributed by atoms with E-state index in [-0.39, 0.29) is 23.1 Å². The molecule has 2 aromatic carbocycles. The maximum absolute atomic E-state index is 12.9. The summed E-state index contributed by atoms with van der Waals surface area (Å²) in [5.41, 5.74) is 1.68. The Morgan fingerprint density at radius 2 is 1.76 bits per heavy atom. The number of nitrogens with one attached hydrogen (secondary N) is 1. The van der Waals surface area contributed by atoms with Gasteiger partial charge in [-0.2, -0.15) is 0 Å². The maximum atomic E-state index is 12.9. The molecule has 0 aromatic heterocycles. The normalized spacial score (nSPS) is 13.6. The summed E-state index contributed by atoms with van der Waals surface area (Å²) < 4.78 is 4.95. The molecule has 0 spiro atoms. The molecule has 1 heterocycles. The Labute approximate surface area is 193 Å². The summed E-state index contributed by atoms with van der Waals surface area (Å²) in [4.78, 5) is 39.8. The average Bonchev–Trinajstić information content (AvgIpc) is 2.84. The van der Waals surface area contributed by atoms with E-state index >= 15 is 0 Å². The zero-order chi connectivity index (χ0) is 23.6. The Bertz CT molecular complexity index is 959. The topological polar surface area (TPSA) is 105 Å². The minimum absolute atomic E-state index is 0.0974. The molecule has 2 aromatic rings. The third-order valence-corrected chi connectivity index (χ3v) is 5.68. The number of ether oxygens (including phenoxy) is 1. The van der Waals surface area contributed by atoms with Crippen LogP contribution in [-0.2, 0) is 16.0 Å². The van der Waals surface area contributed by atoms with Gasteiger partial charge in [-0.05, 0) is 30.5 Å². The van der Waals surface area contributed by atoms with Crippen molar-refractivity contribution in [1.82, 2.24) is 9.80 Å². The lowest BCUT2D eigenvalue weighted by Gasteiger charge is -2.35. The van der Waals surface area contributed by atoms with Crippen molar-refractivity contribution in [3.8, 4) is 0 Å². The zero-order valence-electron chi connectivity index (χ0n) is 18.9. The molecule has 0 saturated carbocycles. The summed E-state index contributed by atoms with van der Waals surface area (Å²) in [6.07, 6.45) is 2.13. The van der Waals surface area contributed by atoms with Crippen LogP contribution in [0.1, 0.15) is 28.8 Å². The van der Waals surface area contributed by atoms with Crippen LogP contribution >= 0.6 is 0 Å². The number of carbonyl (C=O) groups is 2. The van der Waals surface area contributed by atoms with Crippen LogP contribution in [0, 0.1) is 10.1 Å². The van der Waals surface area contributed by atoms with Gasteiger partial charge in [0.2, 0.25) is 5.91 Å². The van der Waals surface area contributed by atoms with Crippen molar-refractivity contribution in [1.29, 1.82) is 0 Å². The Morgan fingerprint density at radius 3 is 2.42 bits per heavy atom. The monoisotopic (exact) mass is 454 g/mol. The molecule has 0 bridgehead atoms. The van der Waals surface area contributed by atoms with E-state index in [1.165, 1.54) is 11.6 Å². The van der Waals surface area contributed by atoms with E-state index in [1.807, 2.05) is 18.2 Å². The number of piperazine rings is 1. The lowest BCUT2D eigenvalue weighted by atomic mass is 10.1. The first-order chi connectivity index (χ1) is 16.0. The second-order valence-corrected chi connectivity index (χ2v) is 7.92. The fourth-order valence-corrected chi connectivity index (χ4v) is 3.84. The Balaban J connectivity index is 1.51. The number of rotatable bonds is 10. The molecule has 1 fully saturated rings. The second-order valence-electron chi connectivity index (χ2n) is 7.92. The molecule has 33 heavy (non-hydrogen) atoms. The first kappa shape index (κ1) is 24.2. The first-order valence-electron chi connectivity index (χ1n) is 11.1. The fourth-order valence-electron chi connectivity index (χ4n) is 3.84. The second kappa shape index (κ2) is 12.0. The van der Waals surface area contributed by atoms with Crippen molar-refractivity contribution in [3.63, 3.8) is 0 Å². The van der Waals surface area contributed by atoms with Gasteiger partial charge in [0.1, 0.15) is 5.69 Å². The van der Waals surface area contributed by atoms with Crippen LogP contribution in [0.3, 0.4) is 0 Å². The zero-order valence-corrected chi connectivity index (χ0v) is 18.9. The third kappa shape index (κ3) is 6.76. The average molecular weight is 455 g/mol. The molecule has 1 aliphatic heterocycles. The molecule has 0 atom stereocenters. The number of anilines is 1. The van der Waals surface area contributed by atoms with Gasteiger partial charge in [-0.1, -0.05) is 30.3 Å². The Morgan fingerprint density at radius 1 is 1.06 bits per heavy atom. The van der Waals surface area contributed by atoms with Crippen LogP contribution in [0.4, 0.5) is 11.4 Å². The van der Waals surface area contributed by atoms with E-state index in [4.69, 9.17) is 4.74 Å². The Kier molecular flexibility index (Phi) is 8.77. The highest BCUT2D eigenvalue weighted by Gasteiger charge is 2.26. The highest BCUT2D eigenvalue weighted by atomic mass is 16.6. The summed E-state index contributed by atoms with van der Waals surface area (Å²) in [6.45, 7) is 2.58. The largest absolute Gasteiger partial charge is 0.383 e. The summed E-state index contributed by atoms with van der Waals surface area (Å²) in [5.74, 6) is -0.169. The number of benzene rings is 2. The molecular weight excluding hydrogens is 424 g/mol. The standard InChI is InChI=1S/C24H30N4O5/c1-33-17-12-25-21-11-10-20(18-22(21)28(31)32)24(30)27-15-13-26(14-16-27)23(29)9-5-8-19-6-3-2-4-7-19/h2-4,6-7,10-11,18,25H,5,8-9,12-17H2,1H3. The number of nitrogens with zero attached hydrogens (tertiary/aromatic N) is 3. The van der Waals surface area contributed by atoms with E-state index in [0.717, 1.165) is 12.8 Å². The molecule has 0 radical (unpaired) electrons. The summed E-state index contributed by atoms with van der Waals surface area (Å²) in [5, 5.41) is 14.4. The van der Waals surface area contributed by atoms with Gasteiger partial charge in [0.05, 0.1) is 11.5 Å². The molecule has 3 rings (SSSR count). The lowest BCUT2D eigenvalue weighted by Crippen LogP contribution is -2.50. The smallest absolute Gasteiger partial charge is 0.293 e. The van der Waals surface area contributed by atoms with Crippen LogP contribution in [0.25, 0.3) is 0 Å². The van der Waals surface area contributed by atoms with Crippen molar-refractivity contribution in [2.24, 2.45) is 0 Å². The van der Waals surface area contributed by atoms with Crippen molar-refractivity contribution in [2.75, 3.05) is 51.8 Å². The van der Waals surface area contributed by atoms with Gasteiger partial charge in [-0.3, -0.25) is 19.7 Å². The van der Waals surface area contributed by atoms with E-state index in [0.29, 0.717) is 51.4 Å². The molecule has 9 heteroatoms. The first-order valence-corrected chi connectivity index (χ1v) is 11.1. The predicted molar refractivity (Wildman–Crippen MR) is 125 cm³/mol. The van der Waals surface area contributed by atoms with E-state index < -0.39 is 4.92 Å². The van der Waals surface area contributed by atoms with Gasteiger partial charge < -0.3 is 19.9 Å². The molecule has 0 aliphatic carbocycles. The number of nitro benzene ring substituents is 1. The summed E-state index contributed by atoms with van der Waals surface area (Å²) >= 11 is 0. The predicted octanol–water partition coefficient (Wildman–Crippen LogP) is 2.96. The van der Waals surface area contributed by atoms with Gasteiger partial charge >= 0.3 is 0 Å². The van der Waals surface area contributed by atoms with E-state index in [2.05, 4.69) is 17.4 Å². The lowest BCUT2D eigenvalue weighted by molar-refractivity contribution is -0.384. The molecule has 1 aliphatic rings. The number of hydrogen-bond acceptors (Lipinski definition) is 6. The van der Waals surface area contributed by atoms with E-state index in [1.54, 1.807) is 29.0 Å². The van der Waals surface area contributed by atoms with Gasteiger partial charge in [0.15, 0.2) is 0 Å². The maximum Gasteiger partial charge on any atom is 0.293 e. The SMILES string of the molecule is COCCNc1ccc(C(=O)N2CCN(C(=O)CCCc3ccccc3)CC2)cc1[N+](=O)[O-]. The number of methoxy groups -OCH3 is 1. The summed E-state index contributed by atoms with van der Waals surface area (Å²) in [6, 6.07) is 14.5. The van der Waals surface area contributed by atoms with Crippen molar-refractivity contribution < 1.29 is 19.2 Å². The molecule has 176 valence electrons. The fraction of sp³-hybridized carbons (Fsp3) is 0.417. The molecule has 1 saturated heterocycles. The molecular formula is C24H30N4O5. The van der Waals surface area contributed by atoms with Crippen molar-refractivity contribution in [2.45, 2.75) is 19.3 Å².